The van der Waals surface area contributed by atoms with Crippen LogP contribution in [-0.4, -0.2) is 40.9 Å². The van der Waals surface area contributed by atoms with Crippen molar-refractivity contribution < 1.29 is 9.18 Å². The number of piperidine rings is 1. The molecule has 3 aromatic rings. The number of halogens is 1. The summed E-state index contributed by atoms with van der Waals surface area (Å²) in [6.45, 7) is 2.14. The van der Waals surface area contributed by atoms with Gasteiger partial charge in [-0.05, 0) is 49.1 Å². The van der Waals surface area contributed by atoms with E-state index in [4.69, 9.17) is 4.98 Å². The molecule has 2 aromatic carbocycles. The maximum absolute atomic E-state index is 13.3. The zero-order chi connectivity index (χ0) is 20.9. The highest BCUT2D eigenvalue weighted by molar-refractivity contribution is 5.99. The molecule has 2 heterocycles. The Morgan fingerprint density at radius 1 is 1.03 bits per heavy atom. The quantitative estimate of drug-likeness (QED) is 0.626. The lowest BCUT2D eigenvalue weighted by Crippen LogP contribution is -2.37. The van der Waals surface area contributed by atoms with Crippen molar-refractivity contribution in [3.63, 3.8) is 0 Å². The summed E-state index contributed by atoms with van der Waals surface area (Å²) in [5.74, 6) is 0.719. The molecule has 1 aromatic heterocycles. The van der Waals surface area contributed by atoms with Crippen LogP contribution in [-0.2, 0) is 6.54 Å². The van der Waals surface area contributed by atoms with Gasteiger partial charge in [-0.2, -0.15) is 0 Å². The summed E-state index contributed by atoms with van der Waals surface area (Å²) in [5.41, 5.74) is 2.34. The van der Waals surface area contributed by atoms with Crippen LogP contribution in [0.2, 0.25) is 0 Å². The lowest BCUT2D eigenvalue weighted by atomic mass is 10.1. The summed E-state index contributed by atoms with van der Waals surface area (Å²) in [7, 11) is 1.93. The Morgan fingerprint density at radius 3 is 2.43 bits per heavy atom. The highest BCUT2D eigenvalue weighted by atomic mass is 19.1. The van der Waals surface area contributed by atoms with Gasteiger partial charge in [0, 0.05) is 38.4 Å². The molecule has 5 nitrogen and oxygen atoms in total. The average molecular weight is 404 g/mol. The van der Waals surface area contributed by atoms with Gasteiger partial charge in [-0.15, -0.1) is 0 Å². The highest BCUT2D eigenvalue weighted by Gasteiger charge is 2.24. The lowest BCUT2D eigenvalue weighted by molar-refractivity contribution is 0.0724. The molecule has 0 unspecified atom stereocenters. The fourth-order valence-corrected chi connectivity index (χ4v) is 3.75. The van der Waals surface area contributed by atoms with Crippen LogP contribution in [0.25, 0.3) is 11.4 Å². The van der Waals surface area contributed by atoms with E-state index < -0.39 is 0 Å². The minimum Gasteiger partial charge on any atom is -0.355 e. The molecule has 0 aliphatic carbocycles. The fourth-order valence-electron chi connectivity index (χ4n) is 3.75. The van der Waals surface area contributed by atoms with Gasteiger partial charge >= 0.3 is 0 Å². The van der Waals surface area contributed by atoms with Gasteiger partial charge in [0.15, 0.2) is 5.82 Å². The molecule has 154 valence electrons. The summed E-state index contributed by atoms with van der Waals surface area (Å²) < 4.78 is 13.3. The smallest absolute Gasteiger partial charge is 0.259 e. The number of carbonyl (C=O) groups excluding carboxylic acids is 1. The number of hydrogen-bond donors (Lipinski definition) is 0. The molecule has 6 heteroatoms. The van der Waals surface area contributed by atoms with Crippen molar-refractivity contribution in [2.75, 3.05) is 25.0 Å². The van der Waals surface area contributed by atoms with Gasteiger partial charge in [0.1, 0.15) is 17.2 Å². The molecule has 1 fully saturated rings. The molecular weight excluding hydrogens is 379 g/mol. The number of carbonyl (C=O) groups is 1. The van der Waals surface area contributed by atoms with Gasteiger partial charge < -0.3 is 9.80 Å². The highest BCUT2D eigenvalue weighted by Crippen LogP contribution is 2.25. The van der Waals surface area contributed by atoms with Crippen molar-refractivity contribution in [2.24, 2.45) is 0 Å². The minimum absolute atomic E-state index is 0.0322. The van der Waals surface area contributed by atoms with Crippen molar-refractivity contribution in [1.29, 1.82) is 0 Å². The Bertz CT molecular complexity index is 1000. The topological polar surface area (TPSA) is 49.3 Å². The van der Waals surface area contributed by atoms with Gasteiger partial charge in [-0.1, -0.05) is 30.3 Å². The van der Waals surface area contributed by atoms with Gasteiger partial charge in [-0.3, -0.25) is 4.79 Å². The average Bonchev–Trinajstić information content (AvgIpc) is 2.80. The van der Waals surface area contributed by atoms with Crippen LogP contribution in [0.15, 0.2) is 60.8 Å². The van der Waals surface area contributed by atoms with Crippen LogP contribution in [0.1, 0.15) is 35.2 Å². The number of nitrogens with zero attached hydrogens (tertiary/aromatic N) is 4. The third kappa shape index (κ3) is 4.48. The summed E-state index contributed by atoms with van der Waals surface area (Å²) in [6, 6.07) is 16.1. The van der Waals surface area contributed by atoms with E-state index in [0.717, 1.165) is 37.9 Å². The number of benzene rings is 2. The molecule has 0 radical (unpaired) electrons. The molecule has 1 saturated heterocycles. The third-order valence-electron chi connectivity index (χ3n) is 5.37. The van der Waals surface area contributed by atoms with Crippen molar-refractivity contribution in [2.45, 2.75) is 25.8 Å². The zero-order valence-electron chi connectivity index (χ0n) is 17.1. The van der Waals surface area contributed by atoms with Gasteiger partial charge in [0.05, 0.1) is 0 Å². The second-order valence-electron chi connectivity index (χ2n) is 7.63. The van der Waals surface area contributed by atoms with E-state index in [2.05, 4.69) is 4.98 Å². The van der Waals surface area contributed by atoms with Gasteiger partial charge in [-0.25, -0.2) is 14.4 Å². The van der Waals surface area contributed by atoms with E-state index in [1.165, 1.54) is 12.1 Å². The SMILES string of the molecule is CN(Cc1ccccc1)c1nc(-c2ccc(F)cc2)ncc1C(=O)N1CCCCC1. The first kappa shape index (κ1) is 20.0. The van der Waals surface area contributed by atoms with Crippen LogP contribution in [0.5, 0.6) is 0 Å². The van der Waals surface area contributed by atoms with Gasteiger partial charge in [0.25, 0.3) is 5.91 Å². The van der Waals surface area contributed by atoms with Crippen LogP contribution < -0.4 is 4.90 Å². The summed E-state index contributed by atoms with van der Waals surface area (Å²) >= 11 is 0. The predicted molar refractivity (Wildman–Crippen MR) is 116 cm³/mol. The molecular formula is C24H25FN4O. The van der Waals surface area contributed by atoms with Crippen molar-refractivity contribution in [1.82, 2.24) is 14.9 Å². The van der Waals surface area contributed by atoms with Crippen molar-refractivity contribution >= 4 is 11.7 Å². The molecule has 30 heavy (non-hydrogen) atoms. The largest absolute Gasteiger partial charge is 0.355 e. The van der Waals surface area contributed by atoms with E-state index in [1.54, 1.807) is 18.3 Å². The Balaban J connectivity index is 1.70. The number of aromatic nitrogens is 2. The Morgan fingerprint density at radius 2 is 1.73 bits per heavy atom. The Labute approximate surface area is 176 Å². The summed E-state index contributed by atoms with van der Waals surface area (Å²) in [6.07, 6.45) is 4.81. The molecule has 0 spiro atoms. The Kier molecular flexibility index (Phi) is 6.02. The number of likely N-dealkylation sites (tertiary alicyclic amines) is 1. The maximum Gasteiger partial charge on any atom is 0.259 e. The number of anilines is 1. The molecule has 0 N–H and O–H groups in total. The third-order valence-corrected chi connectivity index (χ3v) is 5.37. The second-order valence-corrected chi connectivity index (χ2v) is 7.63. The van der Waals surface area contributed by atoms with Crippen LogP contribution in [0, 0.1) is 5.82 Å². The molecule has 4 rings (SSSR count). The van der Waals surface area contributed by atoms with E-state index in [1.807, 2.05) is 47.2 Å². The fraction of sp³-hybridized carbons (Fsp3) is 0.292. The zero-order valence-corrected chi connectivity index (χ0v) is 17.1. The Hall–Kier alpha value is -3.28. The van der Waals surface area contributed by atoms with Crippen molar-refractivity contribution in [3.8, 4) is 11.4 Å². The summed E-state index contributed by atoms with van der Waals surface area (Å²) in [4.78, 5) is 26.3. The van der Waals surface area contributed by atoms with Crippen molar-refractivity contribution in [3.05, 3.63) is 77.7 Å². The normalized spacial score (nSPS) is 13.9. The second kappa shape index (κ2) is 9.03. The molecule has 1 aliphatic heterocycles. The molecule has 1 amide bonds. The van der Waals surface area contributed by atoms with Crippen LogP contribution in [0.3, 0.4) is 0 Å². The van der Waals surface area contributed by atoms with Gasteiger partial charge in [0.2, 0.25) is 0 Å². The maximum atomic E-state index is 13.3. The first-order valence-electron chi connectivity index (χ1n) is 10.3. The van der Waals surface area contributed by atoms with E-state index in [-0.39, 0.29) is 11.7 Å². The first-order chi connectivity index (χ1) is 14.6. The first-order valence-corrected chi connectivity index (χ1v) is 10.3. The summed E-state index contributed by atoms with van der Waals surface area (Å²) in [5, 5.41) is 0. The van der Waals surface area contributed by atoms with E-state index in [9.17, 15) is 9.18 Å². The number of hydrogen-bond acceptors (Lipinski definition) is 4. The lowest BCUT2D eigenvalue weighted by Gasteiger charge is -2.28. The molecule has 1 aliphatic rings. The predicted octanol–water partition coefficient (Wildman–Crippen LogP) is 4.55. The van der Waals surface area contributed by atoms with E-state index in [0.29, 0.717) is 29.3 Å². The van der Waals surface area contributed by atoms with Crippen LogP contribution >= 0.6 is 0 Å². The van der Waals surface area contributed by atoms with E-state index >= 15 is 0 Å². The monoisotopic (exact) mass is 404 g/mol. The number of amides is 1. The minimum atomic E-state index is -0.308. The molecule has 0 saturated carbocycles. The van der Waals surface area contributed by atoms with Crippen LogP contribution in [0.4, 0.5) is 10.2 Å². The molecule has 0 atom stereocenters. The molecule has 0 bridgehead atoms. The standard InChI is InChI=1S/C24H25FN4O/c1-28(17-18-8-4-2-5-9-18)23-21(24(30)29-14-6-3-7-15-29)16-26-22(27-23)19-10-12-20(25)13-11-19/h2,4-5,8-13,16H,3,6-7,14-15,17H2,1H3. The number of rotatable bonds is 5.